The minimum atomic E-state index is 0.755. The Balaban J connectivity index is 1.89. The molecule has 0 unspecified atom stereocenters. The van der Waals surface area contributed by atoms with Gasteiger partial charge in [0.25, 0.3) is 0 Å². The quantitative estimate of drug-likeness (QED) is 0.380. The molecule has 0 saturated heterocycles. The van der Waals surface area contributed by atoms with Crippen molar-refractivity contribution in [3.8, 4) is 11.3 Å². The van der Waals surface area contributed by atoms with Crippen LogP contribution in [0.4, 0.5) is 11.5 Å². The van der Waals surface area contributed by atoms with E-state index >= 15 is 0 Å². The number of fused-ring (bicyclic) bond motifs is 1. The van der Waals surface area contributed by atoms with E-state index in [1.807, 2.05) is 18.2 Å². The lowest BCUT2D eigenvalue weighted by molar-refractivity contribution is 1.05. The third kappa shape index (κ3) is 3.26. The molecule has 0 aliphatic carbocycles. The molecule has 0 amide bonds. The van der Waals surface area contributed by atoms with Crippen LogP contribution < -0.4 is 0 Å². The summed E-state index contributed by atoms with van der Waals surface area (Å²) in [6.45, 7) is 8.32. The van der Waals surface area contributed by atoms with Crippen molar-refractivity contribution in [3.05, 3.63) is 83.0 Å². The average Bonchev–Trinajstić information content (AvgIpc) is 3.03. The largest absolute Gasteiger partial charge is 0.280 e. The van der Waals surface area contributed by atoms with Gasteiger partial charge in [-0.15, -0.1) is 10.2 Å². The van der Waals surface area contributed by atoms with Crippen molar-refractivity contribution in [2.75, 3.05) is 0 Å². The van der Waals surface area contributed by atoms with Crippen LogP contribution in [0.5, 0.6) is 0 Å². The molecular weight excluding hydrogens is 332 g/mol. The normalized spacial score (nSPS) is 11.6. The predicted molar refractivity (Wildman–Crippen MR) is 110 cm³/mol. The third-order valence-electron chi connectivity index (χ3n) is 4.89. The number of aromatic nitrogens is 2. The Labute approximate surface area is 159 Å². The SMILES string of the molecule is Cc1ccc(-c2nc3cccc(C)n3c2N=Nc2ccc(C)c(C)c2)cc1. The zero-order valence-electron chi connectivity index (χ0n) is 16.1. The molecule has 0 fully saturated rings. The van der Waals surface area contributed by atoms with Gasteiger partial charge in [0.05, 0.1) is 5.69 Å². The van der Waals surface area contributed by atoms with Crippen LogP contribution in [-0.4, -0.2) is 9.38 Å². The Morgan fingerprint density at radius 1 is 0.778 bits per heavy atom. The Bertz CT molecular complexity index is 1150. The van der Waals surface area contributed by atoms with E-state index in [0.717, 1.165) is 34.1 Å². The second kappa shape index (κ2) is 6.80. The second-order valence-corrected chi connectivity index (χ2v) is 6.98. The minimum absolute atomic E-state index is 0.755. The van der Waals surface area contributed by atoms with Crippen LogP contribution in [0.3, 0.4) is 0 Å². The first kappa shape index (κ1) is 17.2. The highest BCUT2D eigenvalue weighted by Gasteiger charge is 2.15. The van der Waals surface area contributed by atoms with Crippen molar-refractivity contribution < 1.29 is 0 Å². The number of azo groups is 1. The number of aryl methyl sites for hydroxylation is 4. The molecule has 4 nitrogen and oxygen atoms in total. The molecule has 2 heterocycles. The highest BCUT2D eigenvalue weighted by atomic mass is 15.2. The Morgan fingerprint density at radius 2 is 1.56 bits per heavy atom. The van der Waals surface area contributed by atoms with E-state index < -0.39 is 0 Å². The summed E-state index contributed by atoms with van der Waals surface area (Å²) in [7, 11) is 0. The van der Waals surface area contributed by atoms with Gasteiger partial charge in [-0.2, -0.15) is 0 Å². The minimum Gasteiger partial charge on any atom is -0.280 e. The van der Waals surface area contributed by atoms with E-state index in [-0.39, 0.29) is 0 Å². The molecule has 2 aromatic heterocycles. The molecule has 0 atom stereocenters. The summed E-state index contributed by atoms with van der Waals surface area (Å²) < 4.78 is 2.06. The molecule has 2 aromatic carbocycles. The molecule has 0 N–H and O–H groups in total. The lowest BCUT2D eigenvalue weighted by Crippen LogP contribution is -1.89. The zero-order chi connectivity index (χ0) is 19.0. The number of imidazole rings is 1. The van der Waals surface area contributed by atoms with Crippen molar-refractivity contribution in [2.45, 2.75) is 27.7 Å². The number of hydrogen-bond acceptors (Lipinski definition) is 3. The molecule has 134 valence electrons. The summed E-state index contributed by atoms with van der Waals surface area (Å²) in [6, 6.07) is 20.6. The molecule has 0 aliphatic heterocycles. The summed E-state index contributed by atoms with van der Waals surface area (Å²) in [5.74, 6) is 0.755. The van der Waals surface area contributed by atoms with Crippen molar-refractivity contribution in [2.24, 2.45) is 10.2 Å². The van der Waals surface area contributed by atoms with E-state index in [2.05, 4.69) is 84.8 Å². The summed E-state index contributed by atoms with van der Waals surface area (Å²) in [6.07, 6.45) is 0. The number of pyridine rings is 1. The van der Waals surface area contributed by atoms with E-state index in [9.17, 15) is 0 Å². The van der Waals surface area contributed by atoms with E-state index in [4.69, 9.17) is 4.98 Å². The van der Waals surface area contributed by atoms with Crippen molar-refractivity contribution in [1.29, 1.82) is 0 Å². The average molecular weight is 354 g/mol. The smallest absolute Gasteiger partial charge is 0.187 e. The Hall–Kier alpha value is -3.27. The topological polar surface area (TPSA) is 42.0 Å². The maximum atomic E-state index is 4.83. The van der Waals surface area contributed by atoms with Gasteiger partial charge in [-0.05, 0) is 63.1 Å². The fraction of sp³-hybridized carbons (Fsp3) is 0.174. The molecule has 0 saturated carbocycles. The molecule has 0 aliphatic rings. The Morgan fingerprint density at radius 3 is 2.30 bits per heavy atom. The number of benzene rings is 2. The summed E-state index contributed by atoms with van der Waals surface area (Å²) in [5.41, 5.74) is 8.36. The molecule has 27 heavy (non-hydrogen) atoms. The van der Waals surface area contributed by atoms with Crippen LogP contribution in [-0.2, 0) is 0 Å². The van der Waals surface area contributed by atoms with E-state index in [0.29, 0.717) is 0 Å². The lowest BCUT2D eigenvalue weighted by atomic mass is 10.1. The fourth-order valence-corrected chi connectivity index (χ4v) is 3.13. The van der Waals surface area contributed by atoms with Gasteiger partial charge in [-0.25, -0.2) is 4.98 Å². The van der Waals surface area contributed by atoms with Crippen LogP contribution >= 0.6 is 0 Å². The number of nitrogens with zero attached hydrogens (tertiary/aromatic N) is 4. The van der Waals surface area contributed by atoms with Crippen LogP contribution in [0.1, 0.15) is 22.4 Å². The van der Waals surface area contributed by atoms with Crippen molar-refractivity contribution in [3.63, 3.8) is 0 Å². The van der Waals surface area contributed by atoms with Crippen molar-refractivity contribution in [1.82, 2.24) is 9.38 Å². The molecule has 0 radical (unpaired) electrons. The molecule has 4 aromatic rings. The van der Waals surface area contributed by atoms with Gasteiger partial charge < -0.3 is 0 Å². The fourth-order valence-electron chi connectivity index (χ4n) is 3.13. The monoisotopic (exact) mass is 354 g/mol. The Kier molecular flexibility index (Phi) is 4.32. The first-order valence-corrected chi connectivity index (χ1v) is 9.07. The van der Waals surface area contributed by atoms with Gasteiger partial charge >= 0.3 is 0 Å². The van der Waals surface area contributed by atoms with Crippen LogP contribution in [0, 0.1) is 27.7 Å². The first-order chi connectivity index (χ1) is 13.0. The van der Waals surface area contributed by atoms with Gasteiger partial charge in [0.15, 0.2) is 5.82 Å². The number of rotatable bonds is 3. The predicted octanol–water partition coefficient (Wildman–Crippen LogP) is 6.65. The lowest BCUT2D eigenvalue weighted by Gasteiger charge is -2.03. The number of hydrogen-bond donors (Lipinski definition) is 0. The van der Waals surface area contributed by atoms with Gasteiger partial charge in [-0.1, -0.05) is 42.0 Å². The van der Waals surface area contributed by atoms with E-state index in [1.165, 1.54) is 16.7 Å². The molecule has 4 heteroatoms. The standard InChI is InChI=1S/C23H22N4/c1-15-8-11-19(12-9-15)22-23(27-18(4)6-5-7-21(27)24-22)26-25-20-13-10-16(2)17(3)14-20/h5-14H,1-4H3. The summed E-state index contributed by atoms with van der Waals surface area (Å²) >= 11 is 0. The maximum Gasteiger partial charge on any atom is 0.187 e. The molecular formula is C23H22N4. The molecule has 0 spiro atoms. The van der Waals surface area contributed by atoms with E-state index in [1.54, 1.807) is 0 Å². The van der Waals surface area contributed by atoms with Crippen LogP contribution in [0.25, 0.3) is 16.9 Å². The first-order valence-electron chi connectivity index (χ1n) is 9.07. The summed E-state index contributed by atoms with van der Waals surface area (Å²) in [4.78, 5) is 4.83. The maximum absolute atomic E-state index is 4.83. The van der Waals surface area contributed by atoms with Gasteiger partial charge in [0.1, 0.15) is 11.3 Å². The molecule has 0 bridgehead atoms. The third-order valence-corrected chi connectivity index (χ3v) is 4.89. The van der Waals surface area contributed by atoms with Gasteiger partial charge in [0, 0.05) is 11.3 Å². The van der Waals surface area contributed by atoms with Crippen LogP contribution in [0.15, 0.2) is 70.9 Å². The van der Waals surface area contributed by atoms with Crippen LogP contribution in [0.2, 0.25) is 0 Å². The van der Waals surface area contributed by atoms with Gasteiger partial charge in [-0.3, -0.25) is 4.40 Å². The zero-order valence-corrected chi connectivity index (χ0v) is 16.1. The van der Waals surface area contributed by atoms with Gasteiger partial charge in [0.2, 0.25) is 0 Å². The second-order valence-electron chi connectivity index (χ2n) is 6.98. The molecule has 4 rings (SSSR count). The van der Waals surface area contributed by atoms with Crippen molar-refractivity contribution >= 4 is 17.2 Å². The highest BCUT2D eigenvalue weighted by molar-refractivity contribution is 5.75. The highest BCUT2D eigenvalue weighted by Crippen LogP contribution is 2.33. The summed E-state index contributed by atoms with van der Waals surface area (Å²) in [5, 5.41) is 9.13.